The number of carbonyl (C=O) groups excluding carboxylic acids is 1. The minimum Gasteiger partial charge on any atom is -0.307 e. The first-order valence-electron chi connectivity index (χ1n) is 6.85. The number of ketones is 1. The van der Waals surface area contributed by atoms with Gasteiger partial charge in [-0.05, 0) is 32.8 Å². The van der Waals surface area contributed by atoms with E-state index < -0.39 is 0 Å². The highest BCUT2D eigenvalue weighted by atomic mass is 16.1. The van der Waals surface area contributed by atoms with E-state index in [9.17, 15) is 4.79 Å². The van der Waals surface area contributed by atoms with E-state index in [0.29, 0.717) is 25.0 Å². The largest absolute Gasteiger partial charge is 0.307 e. The van der Waals surface area contributed by atoms with Crippen LogP contribution in [0.3, 0.4) is 0 Å². The zero-order valence-corrected chi connectivity index (χ0v) is 11.9. The van der Waals surface area contributed by atoms with Gasteiger partial charge in [-0.1, -0.05) is 13.8 Å². The molecule has 0 radical (unpaired) electrons. The van der Waals surface area contributed by atoms with E-state index in [-0.39, 0.29) is 5.78 Å². The van der Waals surface area contributed by atoms with Gasteiger partial charge in [0, 0.05) is 18.3 Å². The van der Waals surface area contributed by atoms with Crippen LogP contribution in [0.25, 0.3) is 0 Å². The molecule has 0 bridgehead atoms. The monoisotopic (exact) mass is 251 g/mol. The summed E-state index contributed by atoms with van der Waals surface area (Å²) in [5.74, 6) is 0.199. The minimum absolute atomic E-state index is 0.199. The fraction of sp³-hybridized carbons (Fsp3) is 0.714. The molecule has 0 aliphatic rings. The molecule has 0 amide bonds. The van der Waals surface area contributed by atoms with Gasteiger partial charge >= 0.3 is 0 Å². The molecule has 1 heterocycles. The lowest BCUT2D eigenvalue weighted by Gasteiger charge is -2.10. The van der Waals surface area contributed by atoms with Crippen molar-refractivity contribution in [2.24, 2.45) is 0 Å². The van der Waals surface area contributed by atoms with Crippen LogP contribution in [0.5, 0.6) is 0 Å². The molecule has 2 unspecified atom stereocenters. The van der Waals surface area contributed by atoms with Crippen LogP contribution in [-0.4, -0.2) is 28.2 Å². The Morgan fingerprint density at radius 3 is 2.72 bits per heavy atom. The van der Waals surface area contributed by atoms with Gasteiger partial charge < -0.3 is 5.32 Å². The predicted molar refractivity (Wildman–Crippen MR) is 73.7 cm³/mol. The van der Waals surface area contributed by atoms with E-state index in [0.717, 1.165) is 18.5 Å². The molecular weight excluding hydrogens is 226 g/mol. The highest BCUT2D eigenvalue weighted by Gasteiger charge is 2.09. The highest BCUT2D eigenvalue weighted by Crippen LogP contribution is 2.09. The lowest BCUT2D eigenvalue weighted by atomic mass is 10.2. The molecule has 1 aromatic heterocycles. The molecule has 102 valence electrons. The first-order chi connectivity index (χ1) is 8.56. The van der Waals surface area contributed by atoms with Crippen molar-refractivity contribution in [3.05, 3.63) is 18.0 Å². The zero-order valence-electron chi connectivity index (χ0n) is 11.9. The lowest BCUT2D eigenvalue weighted by molar-refractivity contribution is -0.117. The van der Waals surface area contributed by atoms with Crippen LogP contribution in [0.1, 0.15) is 52.3 Å². The van der Waals surface area contributed by atoms with Crippen LogP contribution >= 0.6 is 0 Å². The SMILES string of the molecule is CCC(C)NCC(=O)Cc1ccn(C(C)CC)n1. The van der Waals surface area contributed by atoms with Crippen molar-refractivity contribution < 1.29 is 4.79 Å². The number of carbonyl (C=O) groups is 1. The lowest BCUT2D eigenvalue weighted by Crippen LogP contribution is -2.31. The maximum atomic E-state index is 11.8. The quantitative estimate of drug-likeness (QED) is 0.771. The third kappa shape index (κ3) is 4.61. The standard InChI is InChI=1S/C14H25N3O/c1-5-11(3)15-10-14(18)9-13-7-8-17(16-13)12(4)6-2/h7-8,11-12,15H,5-6,9-10H2,1-4H3. The molecule has 4 heteroatoms. The number of aromatic nitrogens is 2. The minimum atomic E-state index is 0.199. The number of hydrogen-bond donors (Lipinski definition) is 1. The molecule has 1 rings (SSSR count). The summed E-state index contributed by atoms with van der Waals surface area (Å²) in [7, 11) is 0. The van der Waals surface area contributed by atoms with E-state index in [2.05, 4.69) is 38.1 Å². The van der Waals surface area contributed by atoms with E-state index in [1.807, 2.05) is 16.9 Å². The summed E-state index contributed by atoms with van der Waals surface area (Å²) in [6, 6.07) is 2.73. The van der Waals surface area contributed by atoms with E-state index in [1.165, 1.54) is 0 Å². The molecule has 0 aliphatic heterocycles. The number of hydrogen-bond acceptors (Lipinski definition) is 3. The summed E-state index contributed by atoms with van der Waals surface area (Å²) < 4.78 is 1.94. The maximum absolute atomic E-state index is 11.8. The van der Waals surface area contributed by atoms with E-state index >= 15 is 0 Å². The van der Waals surface area contributed by atoms with Crippen LogP contribution in [0.15, 0.2) is 12.3 Å². The second kappa shape index (κ2) is 7.31. The van der Waals surface area contributed by atoms with Gasteiger partial charge in [0.1, 0.15) is 0 Å². The summed E-state index contributed by atoms with van der Waals surface area (Å²) in [6.07, 6.45) is 4.46. The summed E-state index contributed by atoms with van der Waals surface area (Å²) in [6.45, 7) is 8.89. The number of nitrogens with zero attached hydrogens (tertiary/aromatic N) is 2. The summed E-state index contributed by atoms with van der Waals surface area (Å²) in [5, 5.41) is 7.65. The van der Waals surface area contributed by atoms with Gasteiger partial charge in [-0.25, -0.2) is 0 Å². The fourth-order valence-corrected chi connectivity index (χ4v) is 1.60. The van der Waals surface area contributed by atoms with Gasteiger partial charge in [0.2, 0.25) is 0 Å². The molecule has 1 aromatic rings. The molecule has 0 saturated heterocycles. The van der Waals surface area contributed by atoms with Gasteiger partial charge in [0.25, 0.3) is 0 Å². The molecule has 0 aliphatic carbocycles. The Kier molecular flexibility index (Phi) is 6.05. The Balaban J connectivity index is 2.42. The second-order valence-corrected chi connectivity index (χ2v) is 4.95. The Bertz CT molecular complexity index is 373. The van der Waals surface area contributed by atoms with Crippen molar-refractivity contribution in [3.63, 3.8) is 0 Å². The molecule has 0 spiro atoms. The molecule has 0 aromatic carbocycles. The Hall–Kier alpha value is -1.16. The van der Waals surface area contributed by atoms with Gasteiger partial charge in [0.15, 0.2) is 5.78 Å². The van der Waals surface area contributed by atoms with Crippen molar-refractivity contribution in [1.82, 2.24) is 15.1 Å². The zero-order chi connectivity index (χ0) is 13.5. The van der Waals surface area contributed by atoms with Gasteiger partial charge in [-0.15, -0.1) is 0 Å². The number of Topliss-reactive ketones (excluding diaryl/α,β-unsaturated/α-hetero) is 1. The Morgan fingerprint density at radius 1 is 1.39 bits per heavy atom. The van der Waals surface area contributed by atoms with Crippen LogP contribution in [-0.2, 0) is 11.2 Å². The van der Waals surface area contributed by atoms with Gasteiger partial charge in [0.05, 0.1) is 18.7 Å². The molecule has 0 fully saturated rings. The van der Waals surface area contributed by atoms with Crippen molar-refractivity contribution in [3.8, 4) is 0 Å². The smallest absolute Gasteiger partial charge is 0.152 e. The Morgan fingerprint density at radius 2 is 2.11 bits per heavy atom. The van der Waals surface area contributed by atoms with Crippen LogP contribution in [0, 0.1) is 0 Å². The first kappa shape index (κ1) is 14.9. The molecule has 1 N–H and O–H groups in total. The number of rotatable bonds is 8. The summed E-state index contributed by atoms with van der Waals surface area (Å²) in [5.41, 5.74) is 0.867. The van der Waals surface area contributed by atoms with E-state index in [1.54, 1.807) is 0 Å². The van der Waals surface area contributed by atoms with E-state index in [4.69, 9.17) is 0 Å². The van der Waals surface area contributed by atoms with Gasteiger partial charge in [-0.2, -0.15) is 5.10 Å². The molecule has 4 nitrogen and oxygen atoms in total. The summed E-state index contributed by atoms with van der Waals surface area (Å²) in [4.78, 5) is 11.8. The predicted octanol–water partition coefficient (Wildman–Crippen LogP) is 2.35. The molecular formula is C14H25N3O. The van der Waals surface area contributed by atoms with Gasteiger partial charge in [-0.3, -0.25) is 9.48 Å². The number of nitrogens with one attached hydrogen (secondary N) is 1. The Labute approximate surface area is 110 Å². The molecule has 18 heavy (non-hydrogen) atoms. The average molecular weight is 251 g/mol. The molecule has 2 atom stereocenters. The normalized spacial score (nSPS) is 14.4. The third-order valence-electron chi connectivity index (χ3n) is 3.34. The van der Waals surface area contributed by atoms with Crippen molar-refractivity contribution in [2.75, 3.05) is 6.54 Å². The van der Waals surface area contributed by atoms with Crippen molar-refractivity contribution in [1.29, 1.82) is 0 Å². The highest BCUT2D eigenvalue weighted by molar-refractivity contribution is 5.82. The van der Waals surface area contributed by atoms with Crippen LogP contribution < -0.4 is 5.32 Å². The topological polar surface area (TPSA) is 46.9 Å². The average Bonchev–Trinajstić information content (AvgIpc) is 2.83. The summed E-state index contributed by atoms with van der Waals surface area (Å²) >= 11 is 0. The van der Waals surface area contributed by atoms with Crippen molar-refractivity contribution in [2.45, 2.75) is 59.0 Å². The maximum Gasteiger partial charge on any atom is 0.152 e. The second-order valence-electron chi connectivity index (χ2n) is 4.95. The van der Waals surface area contributed by atoms with Crippen molar-refractivity contribution >= 4 is 5.78 Å². The molecule has 0 saturated carbocycles. The van der Waals surface area contributed by atoms with Crippen LogP contribution in [0.2, 0.25) is 0 Å². The fourth-order valence-electron chi connectivity index (χ4n) is 1.60. The first-order valence-corrected chi connectivity index (χ1v) is 6.85. The van der Waals surface area contributed by atoms with Crippen LogP contribution in [0.4, 0.5) is 0 Å². The third-order valence-corrected chi connectivity index (χ3v) is 3.34.